The Morgan fingerprint density at radius 3 is 2.28 bits per heavy atom. The number of amides is 3. The SMILES string of the molecule is CC(=O)NCCNC(=O)NCc1ccc(Cl)cc1. The number of nitrogens with one attached hydrogen (secondary N) is 3. The monoisotopic (exact) mass is 269 g/mol. The third-order valence-electron chi connectivity index (χ3n) is 2.15. The molecule has 0 aromatic heterocycles. The fourth-order valence-electron chi connectivity index (χ4n) is 1.26. The van der Waals surface area contributed by atoms with Crippen molar-refractivity contribution < 1.29 is 9.59 Å². The summed E-state index contributed by atoms with van der Waals surface area (Å²) < 4.78 is 0. The number of halogens is 1. The van der Waals surface area contributed by atoms with Gasteiger partial charge in [0.05, 0.1) is 0 Å². The summed E-state index contributed by atoms with van der Waals surface area (Å²) in [5.74, 6) is -0.113. The minimum Gasteiger partial charge on any atom is -0.355 e. The average molecular weight is 270 g/mol. The number of rotatable bonds is 5. The predicted molar refractivity (Wildman–Crippen MR) is 70.4 cm³/mol. The van der Waals surface area contributed by atoms with Crippen LogP contribution in [0.3, 0.4) is 0 Å². The van der Waals surface area contributed by atoms with Crippen molar-refractivity contribution in [2.75, 3.05) is 13.1 Å². The molecule has 0 spiro atoms. The molecule has 0 saturated carbocycles. The van der Waals surface area contributed by atoms with Gasteiger partial charge in [-0.05, 0) is 17.7 Å². The lowest BCUT2D eigenvalue weighted by Gasteiger charge is -2.08. The Morgan fingerprint density at radius 1 is 1.06 bits per heavy atom. The van der Waals surface area contributed by atoms with Crippen molar-refractivity contribution in [2.24, 2.45) is 0 Å². The molecule has 0 atom stereocenters. The summed E-state index contributed by atoms with van der Waals surface area (Å²) >= 11 is 5.75. The molecule has 0 radical (unpaired) electrons. The van der Waals surface area contributed by atoms with Crippen molar-refractivity contribution in [2.45, 2.75) is 13.5 Å². The molecule has 98 valence electrons. The minimum atomic E-state index is -0.268. The molecule has 0 aliphatic heterocycles. The third kappa shape index (κ3) is 6.10. The maximum atomic E-state index is 11.4. The van der Waals surface area contributed by atoms with E-state index in [-0.39, 0.29) is 11.9 Å². The van der Waals surface area contributed by atoms with Crippen LogP contribution in [0.4, 0.5) is 4.79 Å². The zero-order valence-electron chi connectivity index (χ0n) is 10.1. The number of benzene rings is 1. The van der Waals surface area contributed by atoms with E-state index < -0.39 is 0 Å². The maximum absolute atomic E-state index is 11.4. The van der Waals surface area contributed by atoms with Gasteiger partial charge < -0.3 is 16.0 Å². The van der Waals surface area contributed by atoms with Crippen molar-refractivity contribution >= 4 is 23.5 Å². The number of carbonyl (C=O) groups is 2. The summed E-state index contributed by atoms with van der Waals surface area (Å²) in [7, 11) is 0. The molecule has 0 aliphatic rings. The van der Waals surface area contributed by atoms with Gasteiger partial charge in [-0.25, -0.2) is 4.79 Å². The molecule has 6 heteroatoms. The molecule has 3 amide bonds. The van der Waals surface area contributed by atoms with Gasteiger partial charge in [0.1, 0.15) is 0 Å². The van der Waals surface area contributed by atoms with E-state index in [1.54, 1.807) is 12.1 Å². The number of hydrogen-bond donors (Lipinski definition) is 3. The number of urea groups is 1. The van der Waals surface area contributed by atoms with E-state index in [1.165, 1.54) is 6.92 Å². The van der Waals surface area contributed by atoms with E-state index in [0.717, 1.165) is 5.56 Å². The summed E-state index contributed by atoms with van der Waals surface area (Å²) in [4.78, 5) is 21.9. The molecule has 1 rings (SSSR count). The molecule has 0 heterocycles. The molecule has 0 aliphatic carbocycles. The van der Waals surface area contributed by atoms with Gasteiger partial charge in [-0.3, -0.25) is 4.79 Å². The van der Waals surface area contributed by atoms with Crippen LogP contribution in [-0.4, -0.2) is 25.0 Å². The zero-order valence-corrected chi connectivity index (χ0v) is 10.9. The molecule has 18 heavy (non-hydrogen) atoms. The highest BCUT2D eigenvalue weighted by Crippen LogP contribution is 2.08. The molecule has 0 unspecified atom stereocenters. The predicted octanol–water partition coefficient (Wildman–Crippen LogP) is 1.28. The highest BCUT2D eigenvalue weighted by molar-refractivity contribution is 6.30. The number of carbonyl (C=O) groups excluding carboxylic acids is 2. The Balaban J connectivity index is 2.17. The lowest BCUT2D eigenvalue weighted by molar-refractivity contribution is -0.118. The lowest BCUT2D eigenvalue weighted by atomic mass is 10.2. The molecule has 1 aromatic rings. The summed E-state index contributed by atoms with van der Waals surface area (Å²) in [5.41, 5.74) is 0.969. The highest BCUT2D eigenvalue weighted by atomic mass is 35.5. The van der Waals surface area contributed by atoms with Crippen LogP contribution in [0.1, 0.15) is 12.5 Å². The topological polar surface area (TPSA) is 70.2 Å². The second-order valence-electron chi connectivity index (χ2n) is 3.72. The summed E-state index contributed by atoms with van der Waals surface area (Å²) in [6, 6.07) is 6.97. The average Bonchev–Trinajstić information content (AvgIpc) is 2.34. The molecule has 0 saturated heterocycles. The molecule has 5 nitrogen and oxygen atoms in total. The van der Waals surface area contributed by atoms with Gasteiger partial charge in [-0.2, -0.15) is 0 Å². The Morgan fingerprint density at radius 2 is 1.67 bits per heavy atom. The fourth-order valence-corrected chi connectivity index (χ4v) is 1.39. The van der Waals surface area contributed by atoms with E-state index in [9.17, 15) is 9.59 Å². The normalized spacial score (nSPS) is 9.67. The van der Waals surface area contributed by atoms with E-state index >= 15 is 0 Å². The van der Waals surface area contributed by atoms with Crippen molar-refractivity contribution in [3.8, 4) is 0 Å². The minimum absolute atomic E-state index is 0.113. The standard InChI is InChI=1S/C12H16ClN3O2/c1-9(17)14-6-7-15-12(18)16-8-10-2-4-11(13)5-3-10/h2-5H,6-8H2,1H3,(H,14,17)(H2,15,16,18). The second-order valence-corrected chi connectivity index (χ2v) is 4.16. The number of hydrogen-bond acceptors (Lipinski definition) is 2. The molecule has 3 N–H and O–H groups in total. The zero-order chi connectivity index (χ0) is 13.4. The van der Waals surface area contributed by atoms with E-state index in [4.69, 9.17) is 11.6 Å². The van der Waals surface area contributed by atoms with Gasteiger partial charge in [-0.1, -0.05) is 23.7 Å². The first-order valence-electron chi connectivity index (χ1n) is 5.58. The van der Waals surface area contributed by atoms with Crippen molar-refractivity contribution in [3.63, 3.8) is 0 Å². The molecule has 1 aromatic carbocycles. The van der Waals surface area contributed by atoms with E-state index in [2.05, 4.69) is 16.0 Å². The van der Waals surface area contributed by atoms with Gasteiger partial charge in [0.2, 0.25) is 5.91 Å². The van der Waals surface area contributed by atoms with Crippen molar-refractivity contribution in [3.05, 3.63) is 34.9 Å². The van der Waals surface area contributed by atoms with Gasteiger partial charge in [-0.15, -0.1) is 0 Å². The van der Waals surface area contributed by atoms with Crippen LogP contribution in [0.25, 0.3) is 0 Å². The first-order valence-corrected chi connectivity index (χ1v) is 5.96. The van der Waals surface area contributed by atoms with Gasteiger partial charge >= 0.3 is 6.03 Å². The third-order valence-corrected chi connectivity index (χ3v) is 2.40. The fraction of sp³-hybridized carbons (Fsp3) is 0.333. The van der Waals surface area contributed by atoms with Crippen molar-refractivity contribution in [1.82, 2.24) is 16.0 Å². The van der Waals surface area contributed by atoms with Crippen LogP contribution >= 0.6 is 11.6 Å². The van der Waals surface area contributed by atoms with Gasteiger partial charge in [0, 0.05) is 31.6 Å². The first kappa shape index (κ1) is 14.3. The summed E-state index contributed by atoms with van der Waals surface area (Å²) in [6.45, 7) is 2.68. The summed E-state index contributed by atoms with van der Waals surface area (Å²) in [5, 5.41) is 8.58. The summed E-state index contributed by atoms with van der Waals surface area (Å²) in [6.07, 6.45) is 0. The lowest BCUT2D eigenvalue weighted by Crippen LogP contribution is -2.39. The van der Waals surface area contributed by atoms with Crippen LogP contribution in [0.2, 0.25) is 5.02 Å². The Bertz CT molecular complexity index is 406. The van der Waals surface area contributed by atoms with Gasteiger partial charge in [0.25, 0.3) is 0 Å². The van der Waals surface area contributed by atoms with Crippen LogP contribution in [0.15, 0.2) is 24.3 Å². The maximum Gasteiger partial charge on any atom is 0.315 e. The highest BCUT2D eigenvalue weighted by Gasteiger charge is 1.99. The largest absolute Gasteiger partial charge is 0.355 e. The van der Waals surface area contributed by atoms with E-state index in [0.29, 0.717) is 24.7 Å². The van der Waals surface area contributed by atoms with Gasteiger partial charge in [0.15, 0.2) is 0 Å². The van der Waals surface area contributed by atoms with Crippen LogP contribution in [-0.2, 0) is 11.3 Å². The Kier molecular flexibility index (Phi) is 6.00. The Labute approximate surface area is 111 Å². The quantitative estimate of drug-likeness (QED) is 0.705. The van der Waals surface area contributed by atoms with E-state index in [1.807, 2.05) is 12.1 Å². The van der Waals surface area contributed by atoms with Crippen LogP contribution in [0.5, 0.6) is 0 Å². The Hall–Kier alpha value is -1.75. The second kappa shape index (κ2) is 7.55. The van der Waals surface area contributed by atoms with Crippen LogP contribution < -0.4 is 16.0 Å². The molecule has 0 fully saturated rings. The smallest absolute Gasteiger partial charge is 0.315 e. The van der Waals surface area contributed by atoms with Crippen LogP contribution in [0, 0.1) is 0 Å². The van der Waals surface area contributed by atoms with Crippen molar-refractivity contribution in [1.29, 1.82) is 0 Å². The first-order chi connectivity index (χ1) is 8.58. The molecule has 0 bridgehead atoms. The molecular weight excluding hydrogens is 254 g/mol. The molecular formula is C12H16ClN3O2.